The van der Waals surface area contributed by atoms with Crippen molar-refractivity contribution in [3.05, 3.63) is 58.1 Å². The zero-order valence-electron chi connectivity index (χ0n) is 11.4. The van der Waals surface area contributed by atoms with Crippen molar-refractivity contribution in [3.63, 3.8) is 0 Å². The molecule has 0 aromatic heterocycles. The summed E-state index contributed by atoms with van der Waals surface area (Å²) in [5, 5.41) is 0. The maximum Gasteiger partial charge on any atom is 0.115 e. The Labute approximate surface area is 128 Å². The van der Waals surface area contributed by atoms with Crippen LogP contribution in [0, 0.1) is 0 Å². The minimum atomic E-state index is -0.283. The summed E-state index contributed by atoms with van der Waals surface area (Å²) in [7, 11) is 0. The minimum Gasteiger partial charge on any atom is -0.303 e. The van der Waals surface area contributed by atoms with E-state index in [1.807, 2.05) is 0 Å². The average molecular weight is 339 g/mol. The van der Waals surface area contributed by atoms with Crippen molar-refractivity contribution in [3.8, 4) is 0 Å². The molecule has 0 saturated heterocycles. The van der Waals surface area contributed by atoms with Gasteiger partial charge in [0.1, 0.15) is 5.60 Å². The summed E-state index contributed by atoms with van der Waals surface area (Å²) >= 11 is 5.03. The van der Waals surface area contributed by atoms with E-state index in [1.54, 1.807) is 0 Å². The van der Waals surface area contributed by atoms with Crippen molar-refractivity contribution in [1.82, 2.24) is 0 Å². The fraction of sp³-hybridized carbons (Fsp3) is 0.375. The predicted octanol–water partition coefficient (Wildman–Crippen LogP) is 5.63. The molecule has 0 saturated carbocycles. The second-order valence-electron chi connectivity index (χ2n) is 5.23. The van der Waals surface area contributed by atoms with Crippen LogP contribution in [0.5, 0.6) is 0 Å². The van der Waals surface area contributed by atoms with Gasteiger partial charge in [-0.15, -0.1) is 6.58 Å². The highest BCUT2D eigenvalue weighted by molar-refractivity contribution is 9.10. The highest BCUT2D eigenvalue weighted by Gasteiger charge is 2.35. The van der Waals surface area contributed by atoms with Crippen LogP contribution < -0.4 is 0 Å². The number of hydrogen-bond acceptors (Lipinski definition) is 2. The Hall–Kier alpha value is -0.510. The van der Waals surface area contributed by atoms with Gasteiger partial charge in [-0.1, -0.05) is 45.3 Å². The Morgan fingerprint density at radius 1 is 1.42 bits per heavy atom. The van der Waals surface area contributed by atoms with Gasteiger partial charge >= 0.3 is 0 Å². The van der Waals surface area contributed by atoms with E-state index in [1.165, 1.54) is 23.2 Å². The van der Waals surface area contributed by atoms with Crippen LogP contribution in [0.4, 0.5) is 0 Å². The molecule has 3 heteroatoms. The largest absolute Gasteiger partial charge is 0.303 e. The fourth-order valence-electron chi connectivity index (χ4n) is 2.46. The fourth-order valence-corrected chi connectivity index (χ4v) is 3.59. The lowest BCUT2D eigenvalue weighted by Gasteiger charge is -2.33. The van der Waals surface area contributed by atoms with Crippen molar-refractivity contribution in [2.24, 2.45) is 0 Å². The lowest BCUT2D eigenvalue weighted by atomic mass is 9.82. The molecule has 102 valence electrons. The van der Waals surface area contributed by atoms with Crippen molar-refractivity contribution in [2.75, 3.05) is 5.75 Å². The van der Waals surface area contributed by atoms with Crippen LogP contribution in [0.15, 0.2) is 52.5 Å². The molecule has 2 rings (SSSR count). The van der Waals surface area contributed by atoms with Crippen LogP contribution in [0.2, 0.25) is 0 Å². The van der Waals surface area contributed by atoms with Crippen molar-refractivity contribution < 1.29 is 4.18 Å². The summed E-state index contributed by atoms with van der Waals surface area (Å²) in [6.07, 6.45) is 4.03. The van der Waals surface area contributed by atoms with Crippen LogP contribution in [-0.4, -0.2) is 5.75 Å². The minimum absolute atomic E-state index is 0.283. The standard InChI is InChI=1S/C16H19BrOS/c1-12(2)10-16(11-13(3)8-9-19-18-16)14-4-6-15(17)7-5-14/h4-8H,1,9-11H2,2-3H3/t16-/m0/s1. The van der Waals surface area contributed by atoms with E-state index in [2.05, 4.69) is 66.7 Å². The van der Waals surface area contributed by atoms with Gasteiger partial charge in [-0.3, -0.25) is 0 Å². The molecule has 0 amide bonds. The predicted molar refractivity (Wildman–Crippen MR) is 87.2 cm³/mol. The molecule has 0 bridgehead atoms. The Morgan fingerprint density at radius 2 is 2.11 bits per heavy atom. The zero-order valence-corrected chi connectivity index (χ0v) is 13.8. The van der Waals surface area contributed by atoms with Crippen LogP contribution >= 0.6 is 28.0 Å². The first-order valence-corrected chi connectivity index (χ1v) is 8.09. The van der Waals surface area contributed by atoms with E-state index in [0.29, 0.717) is 0 Å². The second-order valence-corrected chi connectivity index (χ2v) is 6.88. The molecule has 0 aliphatic carbocycles. The molecule has 1 aromatic carbocycles. The van der Waals surface area contributed by atoms with Gasteiger partial charge in [0.05, 0.1) is 0 Å². The van der Waals surface area contributed by atoms with Crippen molar-refractivity contribution in [2.45, 2.75) is 32.3 Å². The monoisotopic (exact) mass is 338 g/mol. The van der Waals surface area contributed by atoms with Gasteiger partial charge in [0, 0.05) is 23.1 Å². The molecule has 19 heavy (non-hydrogen) atoms. The molecule has 0 spiro atoms. The van der Waals surface area contributed by atoms with Crippen molar-refractivity contribution in [1.29, 1.82) is 0 Å². The maximum absolute atomic E-state index is 6.19. The number of halogens is 1. The first-order chi connectivity index (χ1) is 9.02. The molecule has 0 unspecified atom stereocenters. The van der Waals surface area contributed by atoms with Crippen LogP contribution in [0.25, 0.3) is 0 Å². The molecule has 0 fully saturated rings. The van der Waals surface area contributed by atoms with Gasteiger partial charge < -0.3 is 4.18 Å². The Bertz CT molecular complexity index is 492. The summed E-state index contributed by atoms with van der Waals surface area (Å²) in [5.41, 5.74) is 3.47. The zero-order chi connectivity index (χ0) is 13.9. The number of rotatable bonds is 3. The molecule has 1 atom stereocenters. The Kier molecular flexibility index (Phi) is 4.93. The van der Waals surface area contributed by atoms with E-state index >= 15 is 0 Å². The van der Waals surface area contributed by atoms with Crippen LogP contribution in [0.1, 0.15) is 32.3 Å². The highest BCUT2D eigenvalue weighted by Crippen LogP contribution is 2.43. The first kappa shape index (κ1) is 14.9. The van der Waals surface area contributed by atoms with E-state index in [-0.39, 0.29) is 5.60 Å². The summed E-state index contributed by atoms with van der Waals surface area (Å²) in [6, 6.07) is 8.44. The molecule has 1 heterocycles. The Balaban J connectivity index is 2.41. The van der Waals surface area contributed by atoms with Crippen LogP contribution in [-0.2, 0) is 9.78 Å². The second kappa shape index (κ2) is 6.29. The van der Waals surface area contributed by atoms with Crippen LogP contribution in [0.3, 0.4) is 0 Å². The molecule has 1 nitrogen and oxygen atoms in total. The topological polar surface area (TPSA) is 9.23 Å². The molecule has 0 N–H and O–H groups in total. The van der Waals surface area contributed by atoms with E-state index in [4.69, 9.17) is 4.18 Å². The third kappa shape index (κ3) is 3.74. The summed E-state index contributed by atoms with van der Waals surface area (Å²) in [6.45, 7) is 8.32. The third-order valence-electron chi connectivity index (χ3n) is 3.24. The number of benzene rings is 1. The molecule has 1 aliphatic heterocycles. The van der Waals surface area contributed by atoms with E-state index < -0.39 is 0 Å². The quantitative estimate of drug-likeness (QED) is 0.522. The highest BCUT2D eigenvalue weighted by atomic mass is 79.9. The Morgan fingerprint density at radius 3 is 2.74 bits per heavy atom. The summed E-state index contributed by atoms with van der Waals surface area (Å²) in [4.78, 5) is 0. The molecular weight excluding hydrogens is 320 g/mol. The van der Waals surface area contributed by atoms with Crippen molar-refractivity contribution >= 4 is 28.0 Å². The number of hydrogen-bond donors (Lipinski definition) is 0. The van der Waals surface area contributed by atoms with Gasteiger partial charge in [0.15, 0.2) is 0 Å². The van der Waals surface area contributed by atoms with Gasteiger partial charge in [-0.25, -0.2) is 0 Å². The smallest absolute Gasteiger partial charge is 0.115 e. The van der Waals surface area contributed by atoms with Gasteiger partial charge in [0.25, 0.3) is 0 Å². The molecule has 0 radical (unpaired) electrons. The SMILES string of the molecule is C=C(C)C[C@@]1(c2ccc(Br)cc2)CC(C)=CCSO1. The average Bonchev–Trinajstić information content (AvgIpc) is 2.52. The van der Waals surface area contributed by atoms with E-state index in [0.717, 1.165) is 28.6 Å². The van der Waals surface area contributed by atoms with Gasteiger partial charge in [-0.05, 0) is 43.6 Å². The lowest BCUT2D eigenvalue weighted by molar-refractivity contribution is 0.0959. The summed E-state index contributed by atoms with van der Waals surface area (Å²) in [5.74, 6) is 0.917. The molecule has 1 aromatic rings. The summed E-state index contributed by atoms with van der Waals surface area (Å²) < 4.78 is 7.28. The maximum atomic E-state index is 6.19. The first-order valence-electron chi connectivity index (χ1n) is 6.38. The van der Waals surface area contributed by atoms with E-state index in [9.17, 15) is 0 Å². The lowest BCUT2D eigenvalue weighted by Crippen LogP contribution is -2.27. The normalized spacial score (nSPS) is 23.6. The molecular formula is C16H19BrOS. The molecule has 1 aliphatic rings. The third-order valence-corrected chi connectivity index (χ3v) is 4.51. The van der Waals surface area contributed by atoms with Gasteiger partial charge in [-0.2, -0.15) is 0 Å². The van der Waals surface area contributed by atoms with Gasteiger partial charge in [0.2, 0.25) is 0 Å².